The number of nitrogens with zero attached hydrogens (tertiary/aromatic N) is 4. The van der Waals surface area contributed by atoms with Crippen LogP contribution in [0.15, 0.2) is 71.8 Å². The number of sulfonamides is 1. The van der Waals surface area contributed by atoms with Crippen LogP contribution in [0.4, 0.5) is 5.13 Å². The fourth-order valence-corrected chi connectivity index (χ4v) is 6.96. The average molecular weight is 553 g/mol. The largest absolute Gasteiger partial charge is 0.497 e. The molecule has 1 amide bonds. The molecule has 0 unspecified atom stereocenters. The summed E-state index contributed by atoms with van der Waals surface area (Å²) in [5.41, 5.74) is 1.53. The van der Waals surface area contributed by atoms with E-state index in [9.17, 15) is 13.2 Å². The number of carbonyl (C=O) groups excluding carboxylic acids is 1. The summed E-state index contributed by atoms with van der Waals surface area (Å²) in [6.45, 7) is 0.805. The second-order valence-electron chi connectivity index (χ2n) is 8.93. The number of benzene rings is 2. The van der Waals surface area contributed by atoms with Gasteiger partial charge >= 0.3 is 0 Å². The van der Waals surface area contributed by atoms with Crippen molar-refractivity contribution in [2.75, 3.05) is 32.2 Å². The first kappa shape index (κ1) is 26.1. The number of anilines is 1. The first-order chi connectivity index (χ1) is 18.4. The smallest absolute Gasteiger partial charge is 0.243 e. The molecule has 1 saturated heterocycles. The molecule has 1 fully saturated rings. The summed E-state index contributed by atoms with van der Waals surface area (Å²) in [5.74, 6) is 0.904. The molecule has 0 N–H and O–H groups in total. The normalized spacial score (nSPS) is 14.9. The lowest BCUT2D eigenvalue weighted by atomic mass is 9.96. The van der Waals surface area contributed by atoms with E-state index in [1.54, 1.807) is 42.5 Å². The maximum atomic E-state index is 13.9. The number of carbonyl (C=O) groups is 1. The maximum Gasteiger partial charge on any atom is 0.243 e. The molecule has 0 saturated carbocycles. The molecule has 198 valence electrons. The van der Waals surface area contributed by atoms with Crippen molar-refractivity contribution in [2.24, 2.45) is 5.92 Å². The predicted octanol–water partition coefficient (Wildman–Crippen LogP) is 4.34. The van der Waals surface area contributed by atoms with E-state index in [1.807, 2.05) is 36.4 Å². The number of fused-ring (bicyclic) bond motifs is 1. The van der Waals surface area contributed by atoms with Gasteiger partial charge in [0.05, 0.1) is 41.6 Å². The Kier molecular flexibility index (Phi) is 7.59. The van der Waals surface area contributed by atoms with Crippen molar-refractivity contribution < 1.29 is 22.7 Å². The van der Waals surface area contributed by atoms with Gasteiger partial charge in [0.1, 0.15) is 11.5 Å². The van der Waals surface area contributed by atoms with Crippen molar-refractivity contribution >= 4 is 42.6 Å². The lowest BCUT2D eigenvalue weighted by Crippen LogP contribution is -2.44. The van der Waals surface area contributed by atoms with Crippen molar-refractivity contribution in [1.29, 1.82) is 0 Å². The lowest BCUT2D eigenvalue weighted by Gasteiger charge is -2.33. The second kappa shape index (κ2) is 11.1. The van der Waals surface area contributed by atoms with E-state index in [0.717, 1.165) is 21.7 Å². The van der Waals surface area contributed by atoms with Gasteiger partial charge in [-0.2, -0.15) is 4.31 Å². The zero-order chi connectivity index (χ0) is 26.7. The van der Waals surface area contributed by atoms with E-state index in [4.69, 9.17) is 14.5 Å². The summed E-state index contributed by atoms with van der Waals surface area (Å²) < 4.78 is 39.2. The Morgan fingerprint density at radius 3 is 2.39 bits per heavy atom. The molecule has 3 heterocycles. The summed E-state index contributed by atoms with van der Waals surface area (Å²) >= 11 is 1.42. The van der Waals surface area contributed by atoms with E-state index in [-0.39, 0.29) is 36.4 Å². The van der Waals surface area contributed by atoms with Crippen molar-refractivity contribution in [2.45, 2.75) is 24.3 Å². The van der Waals surface area contributed by atoms with E-state index < -0.39 is 10.0 Å². The van der Waals surface area contributed by atoms with Crippen molar-refractivity contribution in [3.8, 4) is 11.5 Å². The summed E-state index contributed by atoms with van der Waals surface area (Å²) in [6, 6.07) is 17.6. The molecule has 11 heteroatoms. The first-order valence-corrected chi connectivity index (χ1v) is 14.4. The number of ether oxygens (including phenoxy) is 2. The van der Waals surface area contributed by atoms with Crippen LogP contribution in [-0.2, 0) is 21.4 Å². The van der Waals surface area contributed by atoms with Crippen LogP contribution in [0, 0.1) is 5.92 Å². The van der Waals surface area contributed by atoms with Gasteiger partial charge in [0.2, 0.25) is 15.9 Å². The van der Waals surface area contributed by atoms with Crippen LogP contribution in [0.1, 0.15) is 18.5 Å². The molecule has 1 aliphatic heterocycles. The number of hydrogen-bond acceptors (Lipinski definition) is 8. The highest BCUT2D eigenvalue weighted by atomic mass is 32.2. The van der Waals surface area contributed by atoms with Gasteiger partial charge in [0, 0.05) is 25.2 Å². The highest BCUT2D eigenvalue weighted by Crippen LogP contribution is 2.34. The van der Waals surface area contributed by atoms with Gasteiger partial charge in [0.25, 0.3) is 0 Å². The molecular weight excluding hydrogens is 524 g/mol. The molecule has 1 aliphatic rings. The van der Waals surface area contributed by atoms with E-state index in [1.165, 1.54) is 22.8 Å². The molecular formula is C27H28N4O5S2. The van der Waals surface area contributed by atoms with Crippen LogP contribution in [0.25, 0.3) is 10.2 Å². The Bertz CT molecular complexity index is 1520. The van der Waals surface area contributed by atoms with Crippen LogP contribution < -0.4 is 14.4 Å². The van der Waals surface area contributed by atoms with Gasteiger partial charge in [0.15, 0.2) is 5.13 Å². The van der Waals surface area contributed by atoms with Gasteiger partial charge in [-0.1, -0.05) is 17.4 Å². The molecule has 38 heavy (non-hydrogen) atoms. The Labute approximate surface area is 225 Å². The molecule has 0 spiro atoms. The molecule has 9 nitrogen and oxygen atoms in total. The minimum Gasteiger partial charge on any atom is -0.497 e. The topological polar surface area (TPSA) is 102 Å². The molecule has 2 aromatic heterocycles. The fraction of sp³-hybridized carbons (Fsp3) is 0.296. The van der Waals surface area contributed by atoms with Crippen LogP contribution in [0.5, 0.6) is 11.5 Å². The van der Waals surface area contributed by atoms with Crippen LogP contribution in [0.3, 0.4) is 0 Å². The first-order valence-electron chi connectivity index (χ1n) is 12.2. The van der Waals surface area contributed by atoms with Gasteiger partial charge in [-0.25, -0.2) is 13.4 Å². The minimum atomic E-state index is -3.66. The molecule has 5 rings (SSSR count). The third-order valence-electron chi connectivity index (χ3n) is 6.63. The number of aromatic nitrogens is 2. The monoisotopic (exact) mass is 552 g/mol. The van der Waals surface area contributed by atoms with E-state index in [0.29, 0.717) is 23.7 Å². The number of hydrogen-bond donors (Lipinski definition) is 0. The van der Waals surface area contributed by atoms with E-state index >= 15 is 0 Å². The number of methoxy groups -OCH3 is 2. The Morgan fingerprint density at radius 2 is 1.74 bits per heavy atom. The summed E-state index contributed by atoms with van der Waals surface area (Å²) in [6.07, 6.45) is 2.54. The number of pyridine rings is 1. The molecule has 0 aliphatic carbocycles. The quantitative estimate of drug-likeness (QED) is 0.320. The Morgan fingerprint density at radius 1 is 1.03 bits per heavy atom. The second-order valence-corrected chi connectivity index (χ2v) is 11.9. The predicted molar refractivity (Wildman–Crippen MR) is 146 cm³/mol. The summed E-state index contributed by atoms with van der Waals surface area (Å²) in [4.78, 5) is 24.9. The minimum absolute atomic E-state index is 0.0804. The van der Waals surface area contributed by atoms with Gasteiger partial charge < -0.3 is 9.47 Å². The van der Waals surface area contributed by atoms with E-state index in [2.05, 4.69) is 4.98 Å². The van der Waals surface area contributed by atoms with Gasteiger partial charge in [-0.05, 0) is 67.4 Å². The molecule has 2 aromatic carbocycles. The third kappa shape index (κ3) is 5.35. The fourth-order valence-electron chi connectivity index (χ4n) is 4.49. The number of piperidine rings is 1. The lowest BCUT2D eigenvalue weighted by molar-refractivity contribution is -0.123. The molecule has 0 atom stereocenters. The third-order valence-corrected chi connectivity index (χ3v) is 9.58. The van der Waals surface area contributed by atoms with Gasteiger partial charge in [-0.15, -0.1) is 0 Å². The van der Waals surface area contributed by atoms with Crippen LogP contribution >= 0.6 is 11.3 Å². The highest BCUT2D eigenvalue weighted by Gasteiger charge is 2.35. The highest BCUT2D eigenvalue weighted by molar-refractivity contribution is 7.89. The number of rotatable bonds is 8. The summed E-state index contributed by atoms with van der Waals surface area (Å²) in [7, 11) is -0.513. The molecule has 0 bridgehead atoms. The van der Waals surface area contributed by atoms with Crippen LogP contribution in [-0.4, -0.2) is 55.9 Å². The molecule has 0 radical (unpaired) electrons. The zero-order valence-electron chi connectivity index (χ0n) is 21.1. The number of amides is 1. The zero-order valence-corrected chi connectivity index (χ0v) is 22.7. The van der Waals surface area contributed by atoms with Crippen LogP contribution in [0.2, 0.25) is 0 Å². The summed E-state index contributed by atoms with van der Waals surface area (Å²) in [5, 5.41) is 0.581. The standard InChI is InChI=1S/C27H28N4O5S2/c1-35-21-6-9-23(10-7-21)38(33,34)30-15-12-19(13-16-30)26(32)31(18-20-5-3-4-14-28-20)27-29-24-11-8-22(36-2)17-25(24)37-27/h3-11,14,17,19H,12-13,15-16,18H2,1-2H3. The van der Waals surface area contributed by atoms with Crippen molar-refractivity contribution in [3.63, 3.8) is 0 Å². The Balaban J connectivity index is 1.36. The van der Waals surface area contributed by atoms with Gasteiger partial charge in [-0.3, -0.25) is 14.7 Å². The maximum absolute atomic E-state index is 13.9. The average Bonchev–Trinajstić information content (AvgIpc) is 3.39. The molecule has 4 aromatic rings. The SMILES string of the molecule is COc1ccc(S(=O)(=O)N2CCC(C(=O)N(Cc3ccccn3)c3nc4ccc(OC)cc4s3)CC2)cc1. The number of thiazole rings is 1. The van der Waals surface area contributed by atoms with Crippen molar-refractivity contribution in [1.82, 2.24) is 14.3 Å². The van der Waals surface area contributed by atoms with Crippen molar-refractivity contribution in [3.05, 3.63) is 72.6 Å². The Hall–Kier alpha value is -3.54.